The zero-order chi connectivity index (χ0) is 10.4. The number of hydrogen-bond acceptors (Lipinski definition) is 3. The molecule has 0 spiro atoms. The summed E-state index contributed by atoms with van der Waals surface area (Å²) in [6, 6.07) is 7.41. The van der Waals surface area contributed by atoms with Crippen molar-refractivity contribution in [1.29, 1.82) is 0 Å². The summed E-state index contributed by atoms with van der Waals surface area (Å²) in [5, 5.41) is 6.61. The Hall–Kier alpha value is -2.30. The highest BCUT2D eigenvalue weighted by atomic mass is 16.1. The van der Waals surface area contributed by atoms with E-state index >= 15 is 0 Å². The van der Waals surface area contributed by atoms with Gasteiger partial charge in [0.15, 0.2) is 0 Å². The van der Waals surface area contributed by atoms with Crippen molar-refractivity contribution >= 4 is 27.6 Å². The lowest BCUT2D eigenvalue weighted by molar-refractivity contribution is 1.08. The van der Waals surface area contributed by atoms with Gasteiger partial charge in [-0.2, -0.15) is 0 Å². The number of nitrogen functional groups attached to an aromatic ring is 1. The summed E-state index contributed by atoms with van der Waals surface area (Å²) in [4.78, 5) is 15.8. The van der Waals surface area contributed by atoms with Crippen molar-refractivity contribution in [2.45, 2.75) is 0 Å². The summed E-state index contributed by atoms with van der Waals surface area (Å²) in [7, 11) is 0. The van der Waals surface area contributed by atoms with Gasteiger partial charge in [-0.1, -0.05) is 18.2 Å². The molecule has 0 bridgehead atoms. The van der Waals surface area contributed by atoms with Crippen molar-refractivity contribution in [3.05, 3.63) is 34.6 Å². The lowest BCUT2D eigenvalue weighted by Crippen LogP contribution is -1.99. The normalized spacial score (nSPS) is 11.2. The number of hydrogen-bond donors (Lipinski definition) is 3. The second kappa shape index (κ2) is 2.60. The van der Waals surface area contributed by atoms with Gasteiger partial charge >= 0.3 is 0 Å². The zero-order valence-corrected chi connectivity index (χ0v) is 7.74. The molecule has 5 heteroatoms. The van der Waals surface area contributed by atoms with E-state index in [0.717, 1.165) is 10.9 Å². The van der Waals surface area contributed by atoms with Gasteiger partial charge in [-0.25, -0.2) is 4.98 Å². The van der Waals surface area contributed by atoms with Crippen LogP contribution in [0, 0.1) is 0 Å². The minimum atomic E-state index is -0.171. The maximum Gasteiger partial charge on any atom is 0.272 e. The van der Waals surface area contributed by atoms with Crippen LogP contribution in [-0.2, 0) is 0 Å². The van der Waals surface area contributed by atoms with Gasteiger partial charge < -0.3 is 5.73 Å². The van der Waals surface area contributed by atoms with Crippen LogP contribution in [0.5, 0.6) is 0 Å². The van der Waals surface area contributed by atoms with Crippen LogP contribution < -0.4 is 11.3 Å². The van der Waals surface area contributed by atoms with Crippen molar-refractivity contribution in [2.75, 3.05) is 5.73 Å². The fourth-order valence-corrected chi connectivity index (χ4v) is 1.78. The first-order valence-corrected chi connectivity index (χ1v) is 4.52. The molecule has 0 aliphatic carbocycles. The molecule has 0 unspecified atom stereocenters. The van der Waals surface area contributed by atoms with Crippen molar-refractivity contribution in [3.63, 3.8) is 0 Å². The van der Waals surface area contributed by atoms with Gasteiger partial charge in [0, 0.05) is 5.39 Å². The molecule has 0 radical (unpaired) electrons. The fourth-order valence-electron chi connectivity index (χ4n) is 1.78. The van der Waals surface area contributed by atoms with E-state index in [1.807, 2.05) is 24.3 Å². The first-order chi connectivity index (χ1) is 7.27. The lowest BCUT2D eigenvalue weighted by Gasteiger charge is -1.99. The largest absolute Gasteiger partial charge is 0.382 e. The molecule has 74 valence electrons. The molecule has 0 aliphatic rings. The topological polar surface area (TPSA) is 87.6 Å². The predicted octanol–water partition coefficient (Wildman–Crippen LogP) is 0.987. The third kappa shape index (κ3) is 0.969. The summed E-state index contributed by atoms with van der Waals surface area (Å²) in [6.07, 6.45) is 0. The van der Waals surface area contributed by atoms with Crippen molar-refractivity contribution in [2.24, 2.45) is 0 Å². The van der Waals surface area contributed by atoms with E-state index in [9.17, 15) is 4.79 Å². The molecule has 5 nitrogen and oxygen atoms in total. The molecule has 1 aromatic carbocycles. The van der Waals surface area contributed by atoms with E-state index in [1.165, 1.54) is 0 Å². The SMILES string of the molecule is Nc1nc2ccccc2c2c(=O)[nH][nH]c12. The number of para-hydroxylation sites is 1. The van der Waals surface area contributed by atoms with Gasteiger partial charge in [0.2, 0.25) is 0 Å². The van der Waals surface area contributed by atoms with Crippen LogP contribution >= 0.6 is 0 Å². The minimum Gasteiger partial charge on any atom is -0.382 e. The maximum absolute atomic E-state index is 11.6. The summed E-state index contributed by atoms with van der Waals surface area (Å²) >= 11 is 0. The van der Waals surface area contributed by atoms with E-state index in [-0.39, 0.29) is 5.56 Å². The van der Waals surface area contributed by atoms with E-state index < -0.39 is 0 Å². The summed E-state index contributed by atoms with van der Waals surface area (Å²) in [5.74, 6) is 0.335. The van der Waals surface area contributed by atoms with Gasteiger partial charge in [-0.15, -0.1) is 0 Å². The van der Waals surface area contributed by atoms with Gasteiger partial charge in [-0.05, 0) is 6.07 Å². The molecule has 0 fully saturated rings. The number of aromatic amines is 2. The van der Waals surface area contributed by atoms with Gasteiger partial charge in [0.1, 0.15) is 11.3 Å². The Morgan fingerprint density at radius 3 is 2.87 bits per heavy atom. The molecular weight excluding hydrogens is 192 g/mol. The number of pyridine rings is 1. The number of fused-ring (bicyclic) bond motifs is 3. The lowest BCUT2D eigenvalue weighted by atomic mass is 10.1. The molecular formula is C10H8N4O. The van der Waals surface area contributed by atoms with E-state index in [2.05, 4.69) is 15.2 Å². The Balaban J connectivity index is 2.74. The molecule has 0 saturated carbocycles. The Labute approximate surface area is 83.9 Å². The summed E-state index contributed by atoms with van der Waals surface area (Å²) in [6.45, 7) is 0. The second-order valence-electron chi connectivity index (χ2n) is 3.34. The standard InChI is InChI=1S/C10H8N4O/c11-9-8-7(10(15)14-13-8)5-3-1-2-4-6(5)12-9/h1-4H,(H2,11,12)(H2,13,14,15). The maximum atomic E-state index is 11.6. The molecule has 2 aromatic heterocycles. The average molecular weight is 200 g/mol. The Morgan fingerprint density at radius 1 is 1.20 bits per heavy atom. The molecule has 2 heterocycles. The van der Waals surface area contributed by atoms with Crippen LogP contribution in [0.25, 0.3) is 21.8 Å². The first kappa shape index (κ1) is 8.05. The van der Waals surface area contributed by atoms with Crippen LogP contribution in [-0.4, -0.2) is 15.2 Å². The number of rotatable bonds is 0. The minimum absolute atomic E-state index is 0.171. The number of nitrogens with two attached hydrogens (primary N) is 1. The van der Waals surface area contributed by atoms with Crippen LogP contribution in [0.15, 0.2) is 29.1 Å². The quantitative estimate of drug-likeness (QED) is 0.505. The fraction of sp³-hybridized carbons (Fsp3) is 0. The molecule has 0 atom stereocenters. The van der Waals surface area contributed by atoms with Crippen molar-refractivity contribution < 1.29 is 0 Å². The van der Waals surface area contributed by atoms with E-state index in [1.54, 1.807) is 0 Å². The Kier molecular flexibility index (Phi) is 1.39. The van der Waals surface area contributed by atoms with Crippen LogP contribution in [0.3, 0.4) is 0 Å². The highest BCUT2D eigenvalue weighted by Gasteiger charge is 2.09. The van der Waals surface area contributed by atoms with Crippen molar-refractivity contribution in [3.8, 4) is 0 Å². The van der Waals surface area contributed by atoms with E-state index in [4.69, 9.17) is 5.73 Å². The predicted molar refractivity (Wildman–Crippen MR) is 58.6 cm³/mol. The Morgan fingerprint density at radius 2 is 2.00 bits per heavy atom. The number of aromatic nitrogens is 3. The zero-order valence-electron chi connectivity index (χ0n) is 7.74. The number of nitrogens with zero attached hydrogens (tertiary/aromatic N) is 1. The molecule has 4 N–H and O–H groups in total. The molecule has 0 aliphatic heterocycles. The summed E-state index contributed by atoms with van der Waals surface area (Å²) in [5.41, 5.74) is 6.86. The molecule has 3 rings (SSSR count). The number of nitrogens with one attached hydrogen (secondary N) is 2. The van der Waals surface area contributed by atoms with Crippen LogP contribution in [0.2, 0.25) is 0 Å². The highest BCUT2D eigenvalue weighted by molar-refractivity contribution is 6.07. The van der Waals surface area contributed by atoms with Crippen molar-refractivity contribution in [1.82, 2.24) is 15.2 Å². The van der Waals surface area contributed by atoms with E-state index in [0.29, 0.717) is 16.7 Å². The smallest absolute Gasteiger partial charge is 0.272 e. The molecule has 3 aromatic rings. The van der Waals surface area contributed by atoms with Crippen LogP contribution in [0.1, 0.15) is 0 Å². The Bertz CT molecular complexity index is 710. The van der Waals surface area contributed by atoms with Gasteiger partial charge in [-0.3, -0.25) is 15.0 Å². The first-order valence-electron chi connectivity index (χ1n) is 4.52. The highest BCUT2D eigenvalue weighted by Crippen LogP contribution is 2.22. The number of benzene rings is 1. The third-order valence-electron chi connectivity index (χ3n) is 2.45. The molecule has 0 amide bonds. The van der Waals surface area contributed by atoms with Crippen LogP contribution in [0.4, 0.5) is 5.82 Å². The average Bonchev–Trinajstić information content (AvgIpc) is 2.62. The van der Waals surface area contributed by atoms with Gasteiger partial charge in [0.25, 0.3) is 5.56 Å². The third-order valence-corrected chi connectivity index (χ3v) is 2.45. The molecule has 15 heavy (non-hydrogen) atoms. The number of H-pyrrole nitrogens is 2. The van der Waals surface area contributed by atoms with Gasteiger partial charge in [0.05, 0.1) is 10.9 Å². The summed E-state index contributed by atoms with van der Waals surface area (Å²) < 4.78 is 0. The number of anilines is 1. The second-order valence-corrected chi connectivity index (χ2v) is 3.34. The molecule has 0 saturated heterocycles. The monoisotopic (exact) mass is 200 g/mol.